The molecule has 0 radical (unpaired) electrons. The van der Waals surface area contributed by atoms with E-state index in [1.165, 1.54) is 5.56 Å². The number of nitrogens with zero attached hydrogens (tertiary/aromatic N) is 20. The molecule has 0 aliphatic carbocycles. The summed E-state index contributed by atoms with van der Waals surface area (Å²) in [6.45, 7) is 23.2. The minimum Gasteiger partial charge on any atom is -0.432 e. The highest BCUT2D eigenvalue weighted by Gasteiger charge is 2.35. The number of H-pyrrole nitrogens is 2. The van der Waals surface area contributed by atoms with Gasteiger partial charge in [0.25, 0.3) is 0 Å². The summed E-state index contributed by atoms with van der Waals surface area (Å²) in [5, 5.41) is 12.2. The average molecular weight is 2070 g/mol. The lowest BCUT2D eigenvalue weighted by Gasteiger charge is -2.28. The molecule has 8 saturated heterocycles. The number of furan rings is 3. The van der Waals surface area contributed by atoms with Crippen molar-refractivity contribution in [2.24, 2.45) is 0 Å². The van der Waals surface area contributed by atoms with Gasteiger partial charge in [0.15, 0.2) is 73.2 Å². The fraction of sp³-hybridized carbons (Fsp3) is 0.381. The number of fused-ring (bicyclic) bond motifs is 16. The van der Waals surface area contributed by atoms with Crippen molar-refractivity contribution in [1.29, 1.82) is 0 Å². The van der Waals surface area contributed by atoms with Crippen molar-refractivity contribution in [2.45, 2.75) is 45.9 Å². The van der Waals surface area contributed by atoms with E-state index in [0.717, 1.165) is 300 Å². The Hall–Kier alpha value is -13.0. The van der Waals surface area contributed by atoms with Crippen LogP contribution in [0.4, 0.5) is 34.6 Å². The predicted octanol–water partition coefficient (Wildman–Crippen LogP) is 12.2. The molecule has 0 atom stereocenters. The Bertz CT molecular complexity index is 8320. The van der Waals surface area contributed by atoms with Gasteiger partial charge in [-0.2, -0.15) is 0 Å². The van der Waals surface area contributed by atoms with Crippen LogP contribution in [0.3, 0.4) is 0 Å². The van der Waals surface area contributed by atoms with Crippen molar-refractivity contribution in [3.63, 3.8) is 0 Å². The molecule has 14 aromatic heterocycles. The standard InChI is InChI=1S/C27H28N6O3S.C26H26N6O4S.C26H26N6O3S2.C26H28N6O3S/c1-17-2-3-21-19(4-5-28-21)22(17)25-30-23-20-14-18(16-32-8-12-37(34)13-9-32)15-29-27(20)36-24(23)26(31-25)33-6-10-35-11-7-33;33-21-13-18-17(2-1-3-20(18)28-21)24-29-22-19-12-16(15-31-6-10-37(34)11-7-31)14-27-26(19)36-23(22)25(30-24)32-4-8-35-9-5-32;33-37(34)12-8-31(9-13-37)16-17-14-20-22-23(36-26(20)28-15-17)25(32-6-10-35-11-7-32)30-24(29-22)19-2-1-3-21-18(19)4-5-27-21;33-36-12-8-31(9-13-36)16-17-14-20-22-23(35-26(20)28-15-17)25(32-6-10-34-11-7-32)30-24(29-22)19-2-1-3-21-18(19)4-5-27-21/h2-5,14-15,28H,6-13,16H2,1H3;1-3,12,14H,4-11,13,15H2,(H,28,33);1-5,14-15,27H,6-13,16H2;1-3,14-15,27H,4-13,16H2. The molecular weight excluding hydrogens is 1970 g/mol. The number of amides is 1. The second kappa shape index (κ2) is 40.9. The Morgan fingerprint density at radius 2 is 0.796 bits per heavy atom. The van der Waals surface area contributed by atoms with Gasteiger partial charge < -0.3 is 72.4 Å². The largest absolute Gasteiger partial charge is 0.432 e. The van der Waals surface area contributed by atoms with Gasteiger partial charge in [0.1, 0.15) is 21.4 Å². The van der Waals surface area contributed by atoms with Crippen molar-refractivity contribution >= 4 is 203 Å². The van der Waals surface area contributed by atoms with Crippen LogP contribution in [0.5, 0.6) is 0 Å². The highest BCUT2D eigenvalue weighted by atomic mass is 32.2. The van der Waals surface area contributed by atoms with Crippen LogP contribution < -0.4 is 30.2 Å². The highest BCUT2D eigenvalue weighted by Crippen LogP contribution is 2.46. The zero-order valence-electron chi connectivity index (χ0n) is 81.1. The maximum absolute atomic E-state index is 12.1. The molecule has 10 aliphatic heterocycles. The van der Waals surface area contributed by atoms with E-state index in [4.69, 9.17) is 77.1 Å². The third-order valence-corrected chi connectivity index (χ3v) is 35.6. The van der Waals surface area contributed by atoms with Crippen LogP contribution in [-0.4, -0.2) is 326 Å². The zero-order valence-corrected chi connectivity index (χ0v) is 85.2. The lowest BCUT2D eigenvalue weighted by atomic mass is 10.0. The summed E-state index contributed by atoms with van der Waals surface area (Å²) in [7, 11) is -5.00. The van der Waals surface area contributed by atoms with E-state index in [9.17, 15) is 25.8 Å². The number of hydrogen-bond acceptors (Lipinski definition) is 35. The Morgan fingerprint density at radius 3 is 1.30 bits per heavy atom. The first-order valence-corrected chi connectivity index (χ1v) is 57.4. The first kappa shape index (κ1) is 95.0. The van der Waals surface area contributed by atoms with Crippen LogP contribution in [0.15, 0.2) is 154 Å². The van der Waals surface area contributed by atoms with Crippen molar-refractivity contribution in [3.05, 3.63) is 179 Å². The third-order valence-electron chi connectivity index (χ3n) is 29.1. The van der Waals surface area contributed by atoms with Gasteiger partial charge in [0.05, 0.1) is 97.2 Å². The van der Waals surface area contributed by atoms with E-state index in [2.05, 4.69) is 161 Å². The number of hydrogen-bond donors (Lipinski definition) is 4. The smallest absolute Gasteiger partial charge is 0.229 e. The number of anilines is 6. The molecule has 0 saturated carbocycles. The number of aromatic amines is 2. The lowest BCUT2D eigenvalue weighted by molar-refractivity contribution is -0.115. The fourth-order valence-electron chi connectivity index (χ4n) is 21.3. The van der Waals surface area contributed by atoms with Crippen LogP contribution in [0.2, 0.25) is 0 Å². The second-order valence-corrected chi connectivity index (χ2v) is 47.0. The first-order chi connectivity index (χ1) is 72.0. The summed E-state index contributed by atoms with van der Waals surface area (Å²) < 4.78 is 101. The van der Waals surface area contributed by atoms with Crippen LogP contribution in [0.1, 0.15) is 38.9 Å². The molecule has 18 aromatic rings. The van der Waals surface area contributed by atoms with Crippen LogP contribution in [0, 0.1) is 6.92 Å². The maximum Gasteiger partial charge on any atom is 0.229 e. The number of morpholine rings is 4. The number of carbonyl (C=O) groups is 1. The molecule has 756 valence electrons. The number of benzene rings is 4. The number of sulfone groups is 1. The van der Waals surface area contributed by atoms with E-state index < -0.39 is 42.2 Å². The predicted molar refractivity (Wildman–Crippen MR) is 574 cm³/mol. The van der Waals surface area contributed by atoms with Gasteiger partial charge in [-0.3, -0.25) is 37.0 Å². The summed E-state index contributed by atoms with van der Waals surface area (Å²) in [6, 6.07) is 35.1. The minimum atomic E-state index is -2.91. The molecule has 0 unspecified atom stereocenters. The summed E-state index contributed by atoms with van der Waals surface area (Å²) >= 11 is 1.63. The van der Waals surface area contributed by atoms with Crippen LogP contribution in [0.25, 0.3) is 154 Å². The Balaban J connectivity index is 0.000000102. The Kier molecular flexibility index (Phi) is 26.5. The summed E-state index contributed by atoms with van der Waals surface area (Å²) in [5.74, 6) is 10.7. The lowest BCUT2D eigenvalue weighted by Crippen LogP contribution is -2.39. The number of nitrogens with one attached hydrogen (secondary N) is 4. The molecule has 4 N–H and O–H groups in total. The van der Waals surface area contributed by atoms with E-state index >= 15 is 0 Å². The Labute approximate surface area is 855 Å². The number of carbonyl (C=O) groups excluding carboxylic acids is 1. The SMILES string of the molecule is Cc1ccc2[nH]ccc2c1-c1nc(N2CCOCC2)c2oc3ncc(CN4CCS(=O)CC4)cc3c2n1.O=C1Cc2c(cccc2-c2nc(N3CCOCC3)c3oc4ncc(CN5CCS(=O)CC5)cc4c3n2)N1.O=S1(=O)CCN(Cc2cnc3sc4c(N5CCOCC5)nc(-c5cccc6[nH]ccc56)nc4c3c2)CC1.O=S1CCN(Cc2cnc3oc4c(N5CCOCC5)nc(-c5cccc6c5CCN6)nc4c3c2)CC1. The van der Waals surface area contributed by atoms with Gasteiger partial charge in [0, 0.05) is 302 Å². The zero-order chi connectivity index (χ0) is 98.9. The Morgan fingerprint density at radius 1 is 0.395 bits per heavy atom. The van der Waals surface area contributed by atoms with E-state index in [1.54, 1.807) is 11.3 Å². The van der Waals surface area contributed by atoms with E-state index in [-0.39, 0.29) is 17.4 Å². The van der Waals surface area contributed by atoms with E-state index in [1.807, 2.05) is 61.4 Å². The topological polar surface area (TPSA) is 415 Å². The molecule has 24 heterocycles. The molecule has 42 heteroatoms. The summed E-state index contributed by atoms with van der Waals surface area (Å²) in [6.07, 6.45) is 12.7. The second-order valence-electron chi connectivity index (χ2n) is 38.6. The molecule has 0 spiro atoms. The molecule has 10 aliphatic rings. The van der Waals surface area contributed by atoms with Crippen molar-refractivity contribution in [2.75, 3.05) is 240 Å². The van der Waals surface area contributed by atoms with Crippen LogP contribution in [-0.2, 0) is 105 Å². The number of aromatic nitrogens is 14. The van der Waals surface area contributed by atoms with Crippen molar-refractivity contribution < 1.29 is 58.0 Å². The number of pyridine rings is 4. The molecule has 37 nitrogen and oxygen atoms in total. The van der Waals surface area contributed by atoms with Crippen molar-refractivity contribution in [3.8, 4) is 45.6 Å². The van der Waals surface area contributed by atoms with Crippen LogP contribution >= 0.6 is 11.3 Å². The monoisotopic (exact) mass is 2070 g/mol. The number of aryl methyl sites for hydroxylation is 1. The van der Waals surface area contributed by atoms with Gasteiger partial charge in [-0.05, 0) is 113 Å². The number of thiophene rings is 1. The van der Waals surface area contributed by atoms with E-state index in [0.29, 0.717) is 160 Å². The molecular formula is C105H108N24O13S5. The molecule has 147 heavy (non-hydrogen) atoms. The number of ether oxygens (including phenoxy) is 4. The first-order valence-electron chi connectivity index (χ1n) is 50.3. The molecule has 28 rings (SSSR count). The third kappa shape index (κ3) is 19.5. The van der Waals surface area contributed by atoms with Gasteiger partial charge in [-0.1, -0.05) is 42.5 Å². The molecule has 8 fully saturated rings. The minimum absolute atomic E-state index is 0.0268. The van der Waals surface area contributed by atoms with Gasteiger partial charge in [-0.25, -0.2) is 68.2 Å². The molecule has 1 amide bonds. The maximum atomic E-state index is 12.1. The number of rotatable bonds is 16. The normalized spacial score (nSPS) is 18.7. The van der Waals surface area contributed by atoms with Gasteiger partial charge in [0.2, 0.25) is 23.0 Å². The quantitative estimate of drug-likeness (QED) is 0.0698. The average Bonchev–Trinajstić information content (AvgIpc) is 1.54. The highest BCUT2D eigenvalue weighted by molar-refractivity contribution is 7.91. The van der Waals surface area contributed by atoms with Gasteiger partial charge in [-0.15, -0.1) is 11.3 Å². The van der Waals surface area contributed by atoms with Crippen molar-refractivity contribution in [1.82, 2.24) is 89.4 Å². The summed E-state index contributed by atoms with van der Waals surface area (Å²) in [4.78, 5) is 97.1. The molecule has 0 bridgehead atoms. The fourth-order valence-corrected chi connectivity index (χ4v) is 27.0. The van der Waals surface area contributed by atoms with Gasteiger partial charge >= 0.3 is 0 Å². The molecule has 4 aromatic carbocycles. The summed E-state index contributed by atoms with van der Waals surface area (Å²) in [5.41, 5.74) is 22.4.